The lowest BCUT2D eigenvalue weighted by molar-refractivity contribution is 0.122. The second-order valence-electron chi connectivity index (χ2n) is 4.07. The zero-order valence-corrected chi connectivity index (χ0v) is 9.57. The first kappa shape index (κ1) is 11.0. The molecule has 1 heterocycles. The number of ether oxygens (including phenoxy) is 1. The van der Waals surface area contributed by atoms with Gasteiger partial charge in [0, 0.05) is 18.8 Å². The molecule has 1 aliphatic rings. The first-order valence-electron chi connectivity index (χ1n) is 5.60. The molecule has 0 unspecified atom stereocenters. The normalized spacial score (nSPS) is 15.9. The number of nitrogens with zero attached hydrogens (tertiary/aromatic N) is 2. The lowest BCUT2D eigenvalue weighted by Crippen LogP contribution is -2.36. The molecule has 0 radical (unpaired) electrons. The predicted octanol–water partition coefficient (Wildman–Crippen LogP) is 1.90. The fourth-order valence-electron chi connectivity index (χ4n) is 2.01. The Bertz CT molecular complexity index is 403. The van der Waals surface area contributed by atoms with E-state index in [4.69, 9.17) is 10.00 Å². The fraction of sp³-hybridized carbons (Fsp3) is 0.462. The number of anilines is 1. The number of rotatable bonds is 2. The highest BCUT2D eigenvalue weighted by molar-refractivity contribution is 5.56. The summed E-state index contributed by atoms with van der Waals surface area (Å²) in [4.78, 5) is 2.31. The van der Waals surface area contributed by atoms with Crippen molar-refractivity contribution in [3.05, 3.63) is 29.3 Å². The van der Waals surface area contributed by atoms with Crippen molar-refractivity contribution in [1.82, 2.24) is 0 Å². The van der Waals surface area contributed by atoms with Crippen LogP contribution in [0.5, 0.6) is 0 Å². The molecule has 1 aromatic carbocycles. The van der Waals surface area contributed by atoms with Crippen molar-refractivity contribution in [2.45, 2.75) is 13.3 Å². The van der Waals surface area contributed by atoms with Crippen molar-refractivity contribution in [2.24, 2.45) is 0 Å². The van der Waals surface area contributed by atoms with E-state index in [2.05, 4.69) is 36.1 Å². The van der Waals surface area contributed by atoms with Gasteiger partial charge in [-0.3, -0.25) is 0 Å². The molecule has 0 aliphatic carbocycles. The standard InChI is InChI=1S/C13H16N2O/c1-11-2-3-12(4-5-14)13(10-11)15-6-8-16-9-7-15/h2-3,10H,4,6-9H2,1H3. The third-order valence-electron chi connectivity index (χ3n) is 2.86. The zero-order valence-electron chi connectivity index (χ0n) is 9.57. The van der Waals surface area contributed by atoms with Crippen LogP contribution in [0.4, 0.5) is 5.69 Å². The van der Waals surface area contributed by atoms with Gasteiger partial charge in [-0.05, 0) is 24.1 Å². The third-order valence-corrected chi connectivity index (χ3v) is 2.86. The quantitative estimate of drug-likeness (QED) is 0.757. The molecule has 1 aromatic rings. The number of morpholine rings is 1. The zero-order chi connectivity index (χ0) is 11.4. The van der Waals surface area contributed by atoms with E-state index in [-0.39, 0.29) is 0 Å². The Morgan fingerprint density at radius 2 is 2.12 bits per heavy atom. The smallest absolute Gasteiger partial charge is 0.0670 e. The van der Waals surface area contributed by atoms with Crippen molar-refractivity contribution in [2.75, 3.05) is 31.2 Å². The molecule has 1 saturated heterocycles. The molecule has 0 N–H and O–H groups in total. The molecule has 3 nitrogen and oxygen atoms in total. The number of benzene rings is 1. The molecule has 84 valence electrons. The average Bonchev–Trinajstić information content (AvgIpc) is 2.33. The van der Waals surface area contributed by atoms with Gasteiger partial charge in [0.25, 0.3) is 0 Å². The fourth-order valence-corrected chi connectivity index (χ4v) is 2.01. The SMILES string of the molecule is Cc1ccc(CC#N)c(N2CCOCC2)c1. The monoisotopic (exact) mass is 216 g/mol. The van der Waals surface area contributed by atoms with Crippen LogP contribution < -0.4 is 4.90 Å². The first-order chi connectivity index (χ1) is 7.81. The lowest BCUT2D eigenvalue weighted by atomic mass is 10.1. The Kier molecular flexibility index (Phi) is 3.43. The van der Waals surface area contributed by atoms with Gasteiger partial charge in [-0.25, -0.2) is 0 Å². The van der Waals surface area contributed by atoms with Crippen LogP contribution in [0.15, 0.2) is 18.2 Å². The van der Waals surface area contributed by atoms with Gasteiger partial charge in [0.05, 0.1) is 25.7 Å². The van der Waals surface area contributed by atoms with E-state index in [1.807, 2.05) is 0 Å². The van der Waals surface area contributed by atoms with Gasteiger partial charge in [-0.1, -0.05) is 12.1 Å². The molecule has 0 spiro atoms. The van der Waals surface area contributed by atoms with Crippen LogP contribution in [0.1, 0.15) is 11.1 Å². The van der Waals surface area contributed by atoms with Gasteiger partial charge >= 0.3 is 0 Å². The Labute approximate surface area is 96.2 Å². The summed E-state index contributed by atoms with van der Waals surface area (Å²) in [6, 6.07) is 8.51. The molecule has 2 rings (SSSR count). The van der Waals surface area contributed by atoms with Crippen LogP contribution in [0, 0.1) is 18.3 Å². The van der Waals surface area contributed by atoms with Crippen molar-refractivity contribution in [3.63, 3.8) is 0 Å². The van der Waals surface area contributed by atoms with Crippen molar-refractivity contribution in [1.29, 1.82) is 5.26 Å². The average molecular weight is 216 g/mol. The lowest BCUT2D eigenvalue weighted by Gasteiger charge is -2.30. The largest absolute Gasteiger partial charge is 0.378 e. The Hall–Kier alpha value is -1.53. The highest BCUT2D eigenvalue weighted by atomic mass is 16.5. The summed E-state index contributed by atoms with van der Waals surface area (Å²) in [5, 5.41) is 8.82. The summed E-state index contributed by atoms with van der Waals surface area (Å²) in [5.74, 6) is 0. The van der Waals surface area contributed by atoms with Crippen molar-refractivity contribution < 1.29 is 4.74 Å². The number of hydrogen-bond donors (Lipinski definition) is 0. The maximum absolute atomic E-state index is 8.82. The van der Waals surface area contributed by atoms with Gasteiger partial charge < -0.3 is 9.64 Å². The Balaban J connectivity index is 2.29. The van der Waals surface area contributed by atoms with E-state index in [0.29, 0.717) is 6.42 Å². The van der Waals surface area contributed by atoms with E-state index in [1.165, 1.54) is 11.3 Å². The molecule has 1 fully saturated rings. The topological polar surface area (TPSA) is 36.3 Å². The molecule has 0 atom stereocenters. The highest BCUT2D eigenvalue weighted by Gasteiger charge is 2.14. The number of hydrogen-bond acceptors (Lipinski definition) is 3. The van der Waals surface area contributed by atoms with Gasteiger partial charge in [0.1, 0.15) is 0 Å². The summed E-state index contributed by atoms with van der Waals surface area (Å²) in [5.41, 5.74) is 3.56. The summed E-state index contributed by atoms with van der Waals surface area (Å²) in [6.07, 6.45) is 0.479. The van der Waals surface area contributed by atoms with Crippen LogP contribution in [-0.4, -0.2) is 26.3 Å². The second kappa shape index (κ2) is 5.00. The molecule has 3 heteroatoms. The van der Waals surface area contributed by atoms with Gasteiger partial charge in [0.2, 0.25) is 0 Å². The summed E-state index contributed by atoms with van der Waals surface area (Å²) in [7, 11) is 0. The summed E-state index contributed by atoms with van der Waals surface area (Å²) >= 11 is 0. The first-order valence-corrected chi connectivity index (χ1v) is 5.60. The van der Waals surface area contributed by atoms with Crippen molar-refractivity contribution in [3.8, 4) is 6.07 Å². The van der Waals surface area contributed by atoms with Gasteiger partial charge in [-0.2, -0.15) is 5.26 Å². The van der Waals surface area contributed by atoms with Crippen LogP contribution in [0.25, 0.3) is 0 Å². The summed E-state index contributed by atoms with van der Waals surface area (Å²) in [6.45, 7) is 5.48. The van der Waals surface area contributed by atoms with Crippen LogP contribution in [0.3, 0.4) is 0 Å². The van der Waals surface area contributed by atoms with E-state index in [1.54, 1.807) is 0 Å². The van der Waals surface area contributed by atoms with E-state index >= 15 is 0 Å². The van der Waals surface area contributed by atoms with Gasteiger partial charge in [-0.15, -0.1) is 0 Å². The molecular weight excluding hydrogens is 200 g/mol. The molecule has 0 saturated carbocycles. The van der Waals surface area contributed by atoms with E-state index in [0.717, 1.165) is 31.9 Å². The van der Waals surface area contributed by atoms with E-state index < -0.39 is 0 Å². The molecule has 0 amide bonds. The van der Waals surface area contributed by atoms with Crippen LogP contribution >= 0.6 is 0 Å². The minimum absolute atomic E-state index is 0.479. The number of aryl methyl sites for hydroxylation is 1. The maximum Gasteiger partial charge on any atom is 0.0670 e. The van der Waals surface area contributed by atoms with E-state index in [9.17, 15) is 0 Å². The third kappa shape index (κ3) is 2.34. The second-order valence-corrected chi connectivity index (χ2v) is 4.07. The number of nitriles is 1. The molecule has 1 aliphatic heterocycles. The van der Waals surface area contributed by atoms with Gasteiger partial charge in [0.15, 0.2) is 0 Å². The minimum atomic E-state index is 0.479. The molecule has 0 aromatic heterocycles. The summed E-state index contributed by atoms with van der Waals surface area (Å²) < 4.78 is 5.34. The van der Waals surface area contributed by atoms with Crippen LogP contribution in [-0.2, 0) is 11.2 Å². The van der Waals surface area contributed by atoms with Crippen molar-refractivity contribution >= 4 is 5.69 Å². The molecule has 16 heavy (non-hydrogen) atoms. The predicted molar refractivity (Wildman–Crippen MR) is 63.5 cm³/mol. The Morgan fingerprint density at radius 3 is 2.81 bits per heavy atom. The molecule has 0 bridgehead atoms. The maximum atomic E-state index is 8.82. The van der Waals surface area contributed by atoms with Crippen LogP contribution in [0.2, 0.25) is 0 Å². The minimum Gasteiger partial charge on any atom is -0.378 e. The highest BCUT2D eigenvalue weighted by Crippen LogP contribution is 2.23. The Morgan fingerprint density at radius 1 is 1.38 bits per heavy atom. The molecular formula is C13H16N2O.